The molecule has 4 nitrogen and oxygen atoms in total. The van der Waals surface area contributed by atoms with Gasteiger partial charge in [0.2, 0.25) is 0 Å². The van der Waals surface area contributed by atoms with E-state index in [0.29, 0.717) is 0 Å². The van der Waals surface area contributed by atoms with Gasteiger partial charge in [-0.25, -0.2) is 0 Å². The molecular weight excluding hydrogens is 757 g/mol. The lowest BCUT2D eigenvalue weighted by Gasteiger charge is -2.33. The normalized spacial score (nSPS) is 13.4. The summed E-state index contributed by atoms with van der Waals surface area (Å²) in [4.78, 5) is 7.96. The Morgan fingerprint density at radius 1 is 0.290 bits per heavy atom. The van der Waals surface area contributed by atoms with Crippen molar-refractivity contribution in [3.63, 3.8) is 0 Å². The maximum absolute atomic E-state index is 13.4. The average Bonchev–Trinajstić information content (AvgIpc) is 3.75. The molecule has 0 aliphatic heterocycles. The van der Waals surface area contributed by atoms with Gasteiger partial charge >= 0.3 is 0 Å². The molecule has 8 aromatic carbocycles. The van der Waals surface area contributed by atoms with Crippen LogP contribution in [-0.4, -0.2) is 20.2 Å². The Hall–Kier alpha value is -7.50. The van der Waals surface area contributed by atoms with Crippen LogP contribution < -0.4 is 0 Å². The van der Waals surface area contributed by atoms with Gasteiger partial charge in [0.25, 0.3) is 0 Å². The summed E-state index contributed by atoms with van der Waals surface area (Å²) in [7, 11) is 0. The lowest BCUT2D eigenvalue weighted by Crippen LogP contribution is -2.29. The van der Waals surface area contributed by atoms with Gasteiger partial charge in [-0.2, -0.15) is 0 Å². The molecule has 2 aromatic heterocycles. The molecule has 0 atom stereocenters. The molecule has 0 radical (unpaired) electrons. The zero-order chi connectivity index (χ0) is 42.3. The summed E-state index contributed by atoms with van der Waals surface area (Å²) in [6.07, 6.45) is 3.57. The summed E-state index contributed by atoms with van der Waals surface area (Å²) < 4.78 is 0. The summed E-state index contributed by atoms with van der Waals surface area (Å²) in [5.74, 6) is 0. The van der Waals surface area contributed by atoms with Crippen LogP contribution in [0.2, 0.25) is 0 Å². The first-order chi connectivity index (χ1) is 30.4. The number of nitrogens with zero attached hydrogens (tertiary/aromatic N) is 2. The highest BCUT2D eigenvalue weighted by molar-refractivity contribution is 5.98. The van der Waals surface area contributed by atoms with Crippen molar-refractivity contribution in [2.24, 2.45) is 0 Å². The van der Waals surface area contributed by atoms with Crippen molar-refractivity contribution < 1.29 is 10.2 Å². The van der Waals surface area contributed by atoms with Crippen molar-refractivity contribution in [2.45, 2.75) is 25.0 Å². The van der Waals surface area contributed by atoms with Crippen LogP contribution in [0.4, 0.5) is 0 Å². The minimum Gasteiger partial charge on any atom is -0.376 e. The number of hydrogen-bond acceptors (Lipinski definition) is 4. The van der Waals surface area contributed by atoms with E-state index in [1.54, 1.807) is 12.4 Å². The number of pyridine rings is 2. The molecule has 0 saturated carbocycles. The van der Waals surface area contributed by atoms with Gasteiger partial charge in [-0.1, -0.05) is 158 Å². The molecule has 2 aliphatic rings. The molecule has 0 unspecified atom stereocenters. The van der Waals surface area contributed by atoms with Gasteiger partial charge in [0, 0.05) is 57.2 Å². The van der Waals surface area contributed by atoms with E-state index in [2.05, 4.69) is 94.9 Å². The van der Waals surface area contributed by atoms with E-state index in [9.17, 15) is 10.2 Å². The van der Waals surface area contributed by atoms with Gasteiger partial charge in [-0.15, -0.1) is 0 Å². The Labute approximate surface area is 362 Å². The van der Waals surface area contributed by atoms with E-state index in [-0.39, 0.29) is 0 Å². The van der Waals surface area contributed by atoms with Crippen LogP contribution in [0.1, 0.15) is 44.8 Å². The molecule has 12 rings (SSSR count). The third kappa shape index (κ3) is 6.49. The summed E-state index contributed by atoms with van der Waals surface area (Å²) >= 11 is 0. The van der Waals surface area contributed by atoms with Crippen molar-refractivity contribution in [1.29, 1.82) is 0 Å². The van der Waals surface area contributed by atoms with Gasteiger partial charge in [0.05, 0.1) is 0 Å². The predicted molar refractivity (Wildman–Crippen MR) is 253 cm³/mol. The number of aromatic nitrogens is 2. The van der Waals surface area contributed by atoms with E-state index in [1.807, 2.05) is 135 Å². The van der Waals surface area contributed by atoms with E-state index < -0.39 is 11.2 Å². The van der Waals surface area contributed by atoms with Crippen LogP contribution in [0, 0.1) is 13.8 Å². The standard InChI is InChI=1S/C46H30O2.2C6H7N/c47-45(39-21-9-5-17-33(39)34-18-6-10-22-40(34)45)43-27-31-15-3-1-13-29(31)25-37(43)38-26-30-14-2-4-16-32(30)28-44(38)46(48)41-23-11-7-19-35(41)36-20-8-12-24-42(36)46;2*1-6-4-2-3-5-7-6/h1-28,47-48H;2*2-5H,1H3. The van der Waals surface area contributed by atoms with Crippen molar-refractivity contribution in [2.75, 3.05) is 0 Å². The first kappa shape index (κ1) is 38.7. The Kier molecular flexibility index (Phi) is 9.88. The average molecular weight is 801 g/mol. The highest BCUT2D eigenvalue weighted by atomic mass is 16.3. The largest absolute Gasteiger partial charge is 0.376 e. The molecule has 2 aliphatic carbocycles. The first-order valence-corrected chi connectivity index (χ1v) is 21.0. The van der Waals surface area contributed by atoms with Crippen molar-refractivity contribution in [3.05, 3.63) is 263 Å². The quantitative estimate of drug-likeness (QED) is 0.187. The molecule has 0 saturated heterocycles. The van der Waals surface area contributed by atoms with Crippen LogP contribution in [0.5, 0.6) is 0 Å². The summed E-state index contributed by atoms with van der Waals surface area (Å²) in [6.45, 7) is 3.94. The fourth-order valence-corrected chi connectivity index (χ4v) is 9.43. The second-order valence-electron chi connectivity index (χ2n) is 16.0. The molecule has 2 heterocycles. The van der Waals surface area contributed by atoms with E-state index in [0.717, 1.165) is 99.7 Å². The molecule has 0 fully saturated rings. The molecule has 62 heavy (non-hydrogen) atoms. The number of fused-ring (bicyclic) bond motifs is 8. The molecule has 0 bridgehead atoms. The summed E-state index contributed by atoms with van der Waals surface area (Å²) in [6, 6.07) is 69.9. The zero-order valence-corrected chi connectivity index (χ0v) is 34.6. The highest BCUT2D eigenvalue weighted by Crippen LogP contribution is 2.57. The molecule has 10 aromatic rings. The van der Waals surface area contributed by atoms with E-state index in [4.69, 9.17) is 0 Å². The maximum Gasteiger partial charge on any atom is 0.142 e. The monoisotopic (exact) mass is 800 g/mol. The lowest BCUT2D eigenvalue weighted by atomic mass is 9.75. The molecule has 0 spiro atoms. The van der Waals surface area contributed by atoms with E-state index in [1.165, 1.54) is 0 Å². The molecule has 2 N–H and O–H groups in total. The van der Waals surface area contributed by atoms with Gasteiger partial charge in [-0.3, -0.25) is 9.97 Å². The highest BCUT2D eigenvalue weighted by Gasteiger charge is 2.47. The Morgan fingerprint density at radius 3 is 0.839 bits per heavy atom. The van der Waals surface area contributed by atoms with Crippen LogP contribution >= 0.6 is 0 Å². The van der Waals surface area contributed by atoms with Crippen molar-refractivity contribution in [1.82, 2.24) is 9.97 Å². The lowest BCUT2D eigenvalue weighted by molar-refractivity contribution is 0.129. The topological polar surface area (TPSA) is 66.2 Å². The van der Waals surface area contributed by atoms with Crippen LogP contribution in [-0.2, 0) is 11.2 Å². The fourth-order valence-electron chi connectivity index (χ4n) is 9.43. The minimum atomic E-state index is -1.43. The molecule has 4 heteroatoms. The number of rotatable bonds is 3. The van der Waals surface area contributed by atoms with Crippen molar-refractivity contribution >= 4 is 21.5 Å². The zero-order valence-electron chi connectivity index (χ0n) is 34.6. The number of hydrogen-bond donors (Lipinski definition) is 2. The van der Waals surface area contributed by atoms with Crippen LogP contribution in [0.3, 0.4) is 0 Å². The SMILES string of the molecule is Cc1ccccn1.Cc1ccccn1.OC1(c2cc3ccccc3cc2-c2cc3ccccc3cc2C2(O)c3ccccc3-c3ccccc32)c2ccccc2-c2ccccc21. The van der Waals surface area contributed by atoms with Gasteiger partial charge in [-0.05, 0) is 117 Å². The van der Waals surface area contributed by atoms with E-state index >= 15 is 0 Å². The number of benzene rings is 8. The Morgan fingerprint density at radius 2 is 0.565 bits per heavy atom. The minimum absolute atomic E-state index is 0.790. The molecular formula is C58H44N2O2. The second-order valence-corrected chi connectivity index (χ2v) is 16.0. The maximum atomic E-state index is 13.4. The Bertz CT molecular complexity index is 2940. The van der Waals surface area contributed by atoms with Gasteiger partial charge in [0.1, 0.15) is 11.2 Å². The number of aliphatic hydroxyl groups is 2. The summed E-state index contributed by atoms with van der Waals surface area (Å²) in [5, 5.41) is 30.9. The summed E-state index contributed by atoms with van der Waals surface area (Å²) in [5.41, 5.74) is 10.2. The predicted octanol–water partition coefficient (Wildman–Crippen LogP) is 13.0. The fraction of sp³-hybridized carbons (Fsp3) is 0.0690. The second kappa shape index (κ2) is 15.8. The third-order valence-corrected chi connectivity index (χ3v) is 12.3. The Balaban J connectivity index is 0.000000279. The third-order valence-electron chi connectivity index (χ3n) is 12.3. The molecule has 0 amide bonds. The number of aryl methyl sites for hydroxylation is 2. The van der Waals surface area contributed by atoms with Crippen LogP contribution in [0.15, 0.2) is 219 Å². The van der Waals surface area contributed by atoms with Gasteiger partial charge in [0.15, 0.2) is 0 Å². The molecule has 298 valence electrons. The van der Waals surface area contributed by atoms with Crippen molar-refractivity contribution in [3.8, 4) is 33.4 Å². The first-order valence-electron chi connectivity index (χ1n) is 21.0. The smallest absolute Gasteiger partial charge is 0.142 e. The van der Waals surface area contributed by atoms with Crippen LogP contribution in [0.25, 0.3) is 54.9 Å². The van der Waals surface area contributed by atoms with Gasteiger partial charge < -0.3 is 10.2 Å².